The molecule has 0 aliphatic carbocycles. The van der Waals surface area contributed by atoms with Crippen LogP contribution in [-0.2, 0) is 9.53 Å². The van der Waals surface area contributed by atoms with Gasteiger partial charge in [-0.15, -0.1) is 5.10 Å². The second-order valence-electron chi connectivity index (χ2n) is 6.06. The second kappa shape index (κ2) is 5.60. The van der Waals surface area contributed by atoms with Crippen molar-refractivity contribution >= 4 is 11.7 Å². The van der Waals surface area contributed by atoms with Crippen LogP contribution in [0.15, 0.2) is 12.1 Å². The monoisotopic (exact) mass is 290 g/mol. The molecular weight excluding hydrogens is 268 g/mol. The highest BCUT2D eigenvalue weighted by molar-refractivity contribution is 5.80. The van der Waals surface area contributed by atoms with Crippen LogP contribution in [0, 0.1) is 6.92 Å². The lowest BCUT2D eigenvalue weighted by molar-refractivity contribution is -0.149. The molecule has 21 heavy (non-hydrogen) atoms. The van der Waals surface area contributed by atoms with Gasteiger partial charge < -0.3 is 14.5 Å². The summed E-state index contributed by atoms with van der Waals surface area (Å²) in [5, 5.41) is 8.41. The average molecular weight is 290 g/mol. The van der Waals surface area contributed by atoms with Crippen molar-refractivity contribution < 1.29 is 9.53 Å². The van der Waals surface area contributed by atoms with Gasteiger partial charge in [0, 0.05) is 20.6 Å². The molecule has 1 aromatic rings. The lowest BCUT2D eigenvalue weighted by Crippen LogP contribution is -2.47. The van der Waals surface area contributed by atoms with Crippen molar-refractivity contribution in [1.29, 1.82) is 0 Å². The first-order valence-corrected chi connectivity index (χ1v) is 7.50. The SMILES string of the molecule is Cc1ccc(N2CC[C@@H]3O[C@H](C(=O)N(C)C)CC[C@@H]32)nn1. The van der Waals surface area contributed by atoms with E-state index < -0.39 is 0 Å². The van der Waals surface area contributed by atoms with Crippen LogP contribution in [-0.4, -0.2) is 59.9 Å². The van der Waals surface area contributed by atoms with Gasteiger partial charge >= 0.3 is 0 Å². The molecule has 3 atom stereocenters. The Morgan fingerprint density at radius 2 is 2.10 bits per heavy atom. The van der Waals surface area contributed by atoms with Gasteiger partial charge in [-0.3, -0.25) is 4.79 Å². The molecule has 6 heteroatoms. The highest BCUT2D eigenvalue weighted by Gasteiger charge is 2.42. The molecule has 2 saturated heterocycles. The summed E-state index contributed by atoms with van der Waals surface area (Å²) in [6.07, 6.45) is 2.51. The van der Waals surface area contributed by atoms with Gasteiger partial charge in [-0.1, -0.05) is 0 Å². The Hall–Kier alpha value is -1.69. The number of nitrogens with zero attached hydrogens (tertiary/aromatic N) is 4. The number of aromatic nitrogens is 2. The molecule has 0 saturated carbocycles. The maximum absolute atomic E-state index is 12.0. The molecule has 2 fully saturated rings. The smallest absolute Gasteiger partial charge is 0.251 e. The number of likely N-dealkylation sites (N-methyl/N-ethyl adjacent to an activating group) is 1. The van der Waals surface area contributed by atoms with Gasteiger partial charge in [-0.25, -0.2) is 0 Å². The van der Waals surface area contributed by atoms with Gasteiger partial charge in [0.2, 0.25) is 0 Å². The van der Waals surface area contributed by atoms with E-state index in [9.17, 15) is 4.79 Å². The standard InChI is InChI=1S/C15H22N4O2/c1-10-4-7-14(17-16-10)19-9-8-12-11(19)5-6-13(21-12)15(20)18(2)3/h4,7,11-13H,5-6,8-9H2,1-3H3/t11-,12-,13-/m0/s1. The minimum Gasteiger partial charge on any atom is -0.363 e. The van der Waals surface area contributed by atoms with Crippen molar-refractivity contribution in [1.82, 2.24) is 15.1 Å². The quantitative estimate of drug-likeness (QED) is 0.813. The first-order chi connectivity index (χ1) is 10.1. The largest absolute Gasteiger partial charge is 0.363 e. The van der Waals surface area contributed by atoms with Crippen LogP contribution in [0.25, 0.3) is 0 Å². The molecule has 3 rings (SSSR count). The van der Waals surface area contributed by atoms with Gasteiger partial charge in [-0.05, 0) is 38.3 Å². The number of aryl methyl sites for hydroxylation is 1. The first kappa shape index (κ1) is 14.3. The topological polar surface area (TPSA) is 58.6 Å². The Morgan fingerprint density at radius 1 is 1.29 bits per heavy atom. The van der Waals surface area contributed by atoms with Crippen molar-refractivity contribution in [3.63, 3.8) is 0 Å². The van der Waals surface area contributed by atoms with Crippen molar-refractivity contribution in [2.45, 2.75) is 44.4 Å². The van der Waals surface area contributed by atoms with Crippen molar-refractivity contribution in [2.75, 3.05) is 25.5 Å². The molecule has 0 spiro atoms. The number of fused-ring (bicyclic) bond motifs is 1. The molecular formula is C15H22N4O2. The molecule has 1 amide bonds. The minimum atomic E-state index is -0.287. The zero-order valence-corrected chi connectivity index (χ0v) is 12.8. The minimum absolute atomic E-state index is 0.0713. The third-order valence-corrected chi connectivity index (χ3v) is 4.34. The predicted molar refractivity (Wildman–Crippen MR) is 79.1 cm³/mol. The molecule has 3 heterocycles. The Balaban J connectivity index is 1.69. The Bertz CT molecular complexity index is 517. The van der Waals surface area contributed by atoms with E-state index in [-0.39, 0.29) is 18.1 Å². The molecule has 0 bridgehead atoms. The fraction of sp³-hybridized carbons (Fsp3) is 0.667. The number of amides is 1. The van der Waals surface area contributed by atoms with E-state index in [0.29, 0.717) is 6.04 Å². The summed E-state index contributed by atoms with van der Waals surface area (Å²) in [6.45, 7) is 2.85. The zero-order chi connectivity index (χ0) is 15.0. The van der Waals surface area contributed by atoms with Gasteiger partial charge in [0.05, 0.1) is 17.8 Å². The van der Waals surface area contributed by atoms with Crippen LogP contribution in [0.5, 0.6) is 0 Å². The van der Waals surface area contributed by atoms with E-state index >= 15 is 0 Å². The molecule has 0 radical (unpaired) electrons. The van der Waals surface area contributed by atoms with Crippen LogP contribution in [0.3, 0.4) is 0 Å². The maximum Gasteiger partial charge on any atom is 0.251 e. The van der Waals surface area contributed by atoms with Crippen LogP contribution in [0.4, 0.5) is 5.82 Å². The van der Waals surface area contributed by atoms with Crippen molar-refractivity contribution in [3.8, 4) is 0 Å². The number of anilines is 1. The summed E-state index contributed by atoms with van der Waals surface area (Å²) >= 11 is 0. The van der Waals surface area contributed by atoms with E-state index in [4.69, 9.17) is 4.74 Å². The number of ether oxygens (including phenoxy) is 1. The van der Waals surface area contributed by atoms with Crippen LogP contribution in [0.2, 0.25) is 0 Å². The summed E-state index contributed by atoms with van der Waals surface area (Å²) in [7, 11) is 3.56. The normalized spacial score (nSPS) is 28.3. The second-order valence-corrected chi connectivity index (χ2v) is 6.06. The average Bonchev–Trinajstić information content (AvgIpc) is 2.90. The van der Waals surface area contributed by atoms with Gasteiger partial charge in [0.1, 0.15) is 6.10 Å². The molecule has 0 N–H and O–H groups in total. The summed E-state index contributed by atoms with van der Waals surface area (Å²) in [4.78, 5) is 15.9. The van der Waals surface area contributed by atoms with Crippen molar-refractivity contribution in [2.24, 2.45) is 0 Å². The van der Waals surface area contributed by atoms with E-state index in [1.807, 2.05) is 19.1 Å². The maximum atomic E-state index is 12.0. The molecule has 0 unspecified atom stereocenters. The first-order valence-electron chi connectivity index (χ1n) is 7.50. The third-order valence-electron chi connectivity index (χ3n) is 4.34. The molecule has 0 aromatic carbocycles. The van der Waals surface area contributed by atoms with Gasteiger partial charge in [-0.2, -0.15) is 5.10 Å². The van der Waals surface area contributed by atoms with Crippen LogP contribution >= 0.6 is 0 Å². The Kier molecular flexibility index (Phi) is 3.80. The number of rotatable bonds is 2. The molecule has 2 aliphatic rings. The number of carbonyl (C=O) groups excluding carboxylic acids is 1. The van der Waals surface area contributed by atoms with E-state index in [0.717, 1.165) is 37.3 Å². The summed E-state index contributed by atoms with van der Waals surface area (Å²) in [5.41, 5.74) is 0.922. The van der Waals surface area contributed by atoms with Crippen molar-refractivity contribution in [3.05, 3.63) is 17.8 Å². The van der Waals surface area contributed by atoms with E-state index in [2.05, 4.69) is 15.1 Å². The van der Waals surface area contributed by atoms with E-state index in [1.54, 1.807) is 19.0 Å². The number of carbonyl (C=O) groups is 1. The van der Waals surface area contributed by atoms with Crippen LogP contribution < -0.4 is 4.90 Å². The summed E-state index contributed by atoms with van der Waals surface area (Å²) in [6, 6.07) is 4.31. The molecule has 1 aromatic heterocycles. The Morgan fingerprint density at radius 3 is 2.76 bits per heavy atom. The number of hydrogen-bond acceptors (Lipinski definition) is 5. The van der Waals surface area contributed by atoms with E-state index in [1.165, 1.54) is 0 Å². The fourth-order valence-corrected chi connectivity index (χ4v) is 3.23. The number of hydrogen-bond donors (Lipinski definition) is 0. The zero-order valence-electron chi connectivity index (χ0n) is 12.8. The highest BCUT2D eigenvalue weighted by atomic mass is 16.5. The summed E-state index contributed by atoms with van der Waals surface area (Å²) < 4.78 is 6.03. The molecule has 2 aliphatic heterocycles. The Labute approximate surface area is 125 Å². The molecule has 6 nitrogen and oxygen atoms in total. The van der Waals surface area contributed by atoms with Gasteiger partial charge in [0.25, 0.3) is 5.91 Å². The lowest BCUT2D eigenvalue weighted by atomic mass is 9.98. The molecule has 114 valence electrons. The lowest BCUT2D eigenvalue weighted by Gasteiger charge is -2.36. The fourth-order valence-electron chi connectivity index (χ4n) is 3.23. The third kappa shape index (κ3) is 2.72. The van der Waals surface area contributed by atoms with Crippen LogP contribution in [0.1, 0.15) is 25.0 Å². The summed E-state index contributed by atoms with van der Waals surface area (Å²) in [5.74, 6) is 0.983. The predicted octanol–water partition coefficient (Wildman–Crippen LogP) is 1.000. The van der Waals surface area contributed by atoms with Gasteiger partial charge in [0.15, 0.2) is 5.82 Å². The highest BCUT2D eigenvalue weighted by Crippen LogP contribution is 2.34.